The second kappa shape index (κ2) is 6.74. The van der Waals surface area contributed by atoms with E-state index >= 15 is 0 Å². The zero-order chi connectivity index (χ0) is 17.1. The molecule has 2 aromatic rings. The van der Waals surface area contributed by atoms with Gasteiger partial charge in [0.25, 0.3) is 5.56 Å². The number of aromatic nitrogens is 2. The molecule has 1 aromatic carbocycles. The highest BCUT2D eigenvalue weighted by molar-refractivity contribution is 5.65. The minimum atomic E-state index is -0.852. The van der Waals surface area contributed by atoms with Crippen molar-refractivity contribution < 1.29 is 9.90 Å². The summed E-state index contributed by atoms with van der Waals surface area (Å²) in [5, 5.41) is 8.99. The number of nitrogens with zero attached hydrogens (tertiary/aromatic N) is 2. The average Bonchev–Trinajstić information content (AvgIpc) is 2.58. The lowest BCUT2D eigenvalue weighted by molar-refractivity contribution is 0.132. The number of benzene rings is 1. The third-order valence-corrected chi connectivity index (χ3v) is 4.47. The first-order chi connectivity index (χ1) is 11.5. The smallest absolute Gasteiger partial charge is 0.407 e. The lowest BCUT2D eigenvalue weighted by atomic mass is 9.89. The Hall–Kier alpha value is -2.83. The van der Waals surface area contributed by atoms with E-state index in [1.165, 1.54) is 27.3 Å². The molecule has 24 heavy (non-hydrogen) atoms. The number of carboxylic acid groups (broad SMARTS) is 1. The highest BCUT2D eigenvalue weighted by Gasteiger charge is 2.23. The molecule has 2 N–H and O–H groups in total. The van der Waals surface area contributed by atoms with Crippen LogP contribution in [0.2, 0.25) is 0 Å². The average molecular weight is 329 g/mol. The lowest BCUT2D eigenvalue weighted by Gasteiger charge is -2.30. The van der Waals surface area contributed by atoms with Crippen LogP contribution in [0.5, 0.6) is 0 Å². The number of aromatic amines is 1. The minimum Gasteiger partial charge on any atom is -0.465 e. The van der Waals surface area contributed by atoms with Gasteiger partial charge in [-0.1, -0.05) is 24.3 Å². The van der Waals surface area contributed by atoms with Gasteiger partial charge in [0.05, 0.1) is 6.54 Å². The number of hydrogen-bond acceptors (Lipinski definition) is 3. The largest absolute Gasteiger partial charge is 0.465 e. The maximum absolute atomic E-state index is 11.7. The SMILES string of the molecule is O=C(O)N1CCC(c2ccc(Cn3ccc(=O)[nH]c3=O)cc2)CC1. The maximum Gasteiger partial charge on any atom is 0.407 e. The molecule has 7 heteroatoms. The highest BCUT2D eigenvalue weighted by atomic mass is 16.4. The molecule has 0 aliphatic carbocycles. The number of likely N-dealkylation sites (tertiary alicyclic amines) is 1. The first-order valence-corrected chi connectivity index (χ1v) is 7.89. The molecule has 1 aliphatic heterocycles. The fourth-order valence-electron chi connectivity index (χ4n) is 3.06. The number of rotatable bonds is 3. The van der Waals surface area contributed by atoms with Crippen molar-refractivity contribution in [2.45, 2.75) is 25.3 Å². The summed E-state index contributed by atoms with van der Waals surface area (Å²) < 4.78 is 1.45. The van der Waals surface area contributed by atoms with Gasteiger partial charge in [-0.3, -0.25) is 14.3 Å². The van der Waals surface area contributed by atoms with Crippen LogP contribution in [0.4, 0.5) is 4.79 Å². The van der Waals surface area contributed by atoms with Crippen LogP contribution in [0, 0.1) is 0 Å². The van der Waals surface area contributed by atoms with Crippen molar-refractivity contribution in [3.05, 3.63) is 68.5 Å². The van der Waals surface area contributed by atoms with Crippen LogP contribution in [0.15, 0.2) is 46.1 Å². The molecule has 0 spiro atoms. The second-order valence-electron chi connectivity index (χ2n) is 6.02. The predicted octanol–water partition coefficient (Wildman–Crippen LogP) is 1.44. The molecule has 1 saturated heterocycles. The first-order valence-electron chi connectivity index (χ1n) is 7.89. The molecule has 3 rings (SSSR count). The Morgan fingerprint density at radius 3 is 2.38 bits per heavy atom. The fourth-order valence-corrected chi connectivity index (χ4v) is 3.06. The molecule has 126 valence electrons. The number of H-pyrrole nitrogens is 1. The molecule has 0 bridgehead atoms. The summed E-state index contributed by atoms with van der Waals surface area (Å²) in [4.78, 5) is 37.4. The van der Waals surface area contributed by atoms with Crippen LogP contribution in [-0.2, 0) is 6.54 Å². The minimum absolute atomic E-state index is 0.366. The Kier molecular flexibility index (Phi) is 4.50. The van der Waals surface area contributed by atoms with Gasteiger partial charge in [0.1, 0.15) is 0 Å². The maximum atomic E-state index is 11.7. The topological polar surface area (TPSA) is 95.4 Å². The highest BCUT2D eigenvalue weighted by Crippen LogP contribution is 2.28. The van der Waals surface area contributed by atoms with E-state index < -0.39 is 17.3 Å². The van der Waals surface area contributed by atoms with Crippen LogP contribution in [-0.4, -0.2) is 38.7 Å². The second-order valence-corrected chi connectivity index (χ2v) is 6.02. The summed E-state index contributed by atoms with van der Waals surface area (Å²) >= 11 is 0. The van der Waals surface area contributed by atoms with Crippen LogP contribution in [0.25, 0.3) is 0 Å². The van der Waals surface area contributed by atoms with Crippen molar-refractivity contribution in [2.75, 3.05) is 13.1 Å². The summed E-state index contributed by atoms with van der Waals surface area (Å²) in [5.74, 6) is 0.366. The van der Waals surface area contributed by atoms with Crippen molar-refractivity contribution in [1.29, 1.82) is 0 Å². The van der Waals surface area contributed by atoms with E-state index in [2.05, 4.69) is 4.98 Å². The fraction of sp³-hybridized carbons (Fsp3) is 0.353. The van der Waals surface area contributed by atoms with E-state index in [0.717, 1.165) is 18.4 Å². The molecule has 1 amide bonds. The molecule has 1 aromatic heterocycles. The Labute approximate surface area is 138 Å². The zero-order valence-corrected chi connectivity index (χ0v) is 13.1. The molecule has 1 aliphatic rings. The van der Waals surface area contributed by atoms with Crippen molar-refractivity contribution in [1.82, 2.24) is 14.5 Å². The summed E-state index contributed by atoms with van der Waals surface area (Å²) in [5.41, 5.74) is 1.33. The molecular formula is C17H19N3O4. The summed E-state index contributed by atoms with van der Waals surface area (Å²) in [7, 11) is 0. The molecule has 0 unspecified atom stereocenters. The number of piperidine rings is 1. The molecule has 1 fully saturated rings. The summed E-state index contributed by atoms with van der Waals surface area (Å²) in [6.45, 7) is 1.52. The van der Waals surface area contributed by atoms with Crippen LogP contribution in [0.3, 0.4) is 0 Å². The molecule has 7 nitrogen and oxygen atoms in total. The van der Waals surface area contributed by atoms with Crippen molar-refractivity contribution in [3.63, 3.8) is 0 Å². The lowest BCUT2D eigenvalue weighted by Crippen LogP contribution is -2.36. The van der Waals surface area contributed by atoms with Crippen LogP contribution >= 0.6 is 0 Å². The summed E-state index contributed by atoms with van der Waals surface area (Å²) in [6.07, 6.45) is 2.28. The standard InChI is InChI=1S/C17H19N3O4/c21-15-7-10-20(16(22)18-15)11-12-1-3-13(4-2-12)14-5-8-19(9-6-14)17(23)24/h1-4,7,10,14H,5-6,8-9,11H2,(H,23,24)(H,18,21,22). The van der Waals surface area contributed by atoms with E-state index in [-0.39, 0.29) is 0 Å². The van der Waals surface area contributed by atoms with Crippen molar-refractivity contribution in [3.8, 4) is 0 Å². The summed E-state index contributed by atoms with van der Waals surface area (Å²) in [6, 6.07) is 9.33. The van der Waals surface area contributed by atoms with E-state index in [1.807, 2.05) is 24.3 Å². The molecule has 0 radical (unpaired) electrons. The quantitative estimate of drug-likeness (QED) is 0.891. The van der Waals surface area contributed by atoms with Gasteiger partial charge in [-0.15, -0.1) is 0 Å². The Morgan fingerprint density at radius 2 is 1.79 bits per heavy atom. The number of hydrogen-bond donors (Lipinski definition) is 2. The van der Waals surface area contributed by atoms with Crippen molar-refractivity contribution in [2.24, 2.45) is 0 Å². The van der Waals surface area contributed by atoms with Gasteiger partial charge >= 0.3 is 11.8 Å². The van der Waals surface area contributed by atoms with Crippen LogP contribution in [0.1, 0.15) is 29.9 Å². The van der Waals surface area contributed by atoms with E-state index in [4.69, 9.17) is 5.11 Å². The normalized spacial score (nSPS) is 15.4. The van der Waals surface area contributed by atoms with Gasteiger partial charge in [0, 0.05) is 25.4 Å². The van der Waals surface area contributed by atoms with E-state index in [0.29, 0.717) is 25.6 Å². The van der Waals surface area contributed by atoms with Gasteiger partial charge in [-0.2, -0.15) is 0 Å². The van der Waals surface area contributed by atoms with Crippen molar-refractivity contribution >= 4 is 6.09 Å². The van der Waals surface area contributed by atoms with Gasteiger partial charge in [-0.25, -0.2) is 9.59 Å². The van der Waals surface area contributed by atoms with E-state index in [9.17, 15) is 14.4 Å². The Balaban J connectivity index is 1.66. The van der Waals surface area contributed by atoms with E-state index in [1.54, 1.807) is 0 Å². The Bertz CT molecular complexity index is 830. The molecule has 0 saturated carbocycles. The van der Waals surface area contributed by atoms with Gasteiger partial charge in [0.15, 0.2) is 0 Å². The van der Waals surface area contributed by atoms with Crippen LogP contribution < -0.4 is 11.2 Å². The molecular weight excluding hydrogens is 310 g/mol. The predicted molar refractivity (Wildman–Crippen MR) is 88.4 cm³/mol. The number of nitrogens with one attached hydrogen (secondary N) is 1. The Morgan fingerprint density at radius 1 is 1.12 bits per heavy atom. The molecule has 2 heterocycles. The number of carbonyl (C=O) groups is 1. The number of amides is 1. The zero-order valence-electron chi connectivity index (χ0n) is 13.1. The third kappa shape index (κ3) is 3.56. The monoisotopic (exact) mass is 329 g/mol. The molecule has 0 atom stereocenters. The van der Waals surface area contributed by atoms with Gasteiger partial charge < -0.3 is 10.0 Å². The third-order valence-electron chi connectivity index (χ3n) is 4.47. The van der Waals surface area contributed by atoms with Gasteiger partial charge in [0.2, 0.25) is 0 Å². The first kappa shape index (κ1) is 16.0. The van der Waals surface area contributed by atoms with Gasteiger partial charge in [-0.05, 0) is 29.9 Å².